The topological polar surface area (TPSA) is 64.3 Å². The summed E-state index contributed by atoms with van der Waals surface area (Å²) < 4.78 is 6.45. The van der Waals surface area contributed by atoms with E-state index < -0.39 is 0 Å². The zero-order valence-corrected chi connectivity index (χ0v) is 15.0. The maximum absolute atomic E-state index is 11.9. The second-order valence-corrected chi connectivity index (χ2v) is 6.69. The predicted molar refractivity (Wildman–Crippen MR) is 89.1 cm³/mol. The molecule has 112 valence electrons. The number of carbonyl (C=O) groups excluding carboxylic acids is 1. The largest absolute Gasteiger partial charge is 0.465 e. The van der Waals surface area contributed by atoms with E-state index in [-0.39, 0.29) is 5.97 Å². The Morgan fingerprint density at radius 1 is 1.40 bits per heavy atom. The lowest BCUT2D eigenvalue weighted by atomic mass is 9.96. The highest BCUT2D eigenvalue weighted by Gasteiger charge is 2.18. The van der Waals surface area contributed by atoms with Crippen molar-refractivity contribution >= 4 is 43.5 Å². The zero-order chi connectivity index (χ0) is 15.3. The van der Waals surface area contributed by atoms with Crippen molar-refractivity contribution in [3.05, 3.63) is 26.6 Å². The molecule has 0 aromatic heterocycles. The molecule has 0 aliphatic rings. The highest BCUT2D eigenvalue weighted by atomic mass is 79.9. The van der Waals surface area contributed by atoms with E-state index >= 15 is 0 Å². The molecule has 1 aromatic carbocycles. The normalized spacial score (nSPS) is 12.3. The second kappa shape index (κ2) is 8.00. The maximum Gasteiger partial charge on any atom is 0.340 e. The van der Waals surface area contributed by atoms with Crippen molar-refractivity contribution in [2.24, 2.45) is 17.6 Å². The molecule has 0 spiro atoms. The van der Waals surface area contributed by atoms with Crippen LogP contribution >= 0.6 is 31.9 Å². The Labute approximate surface area is 136 Å². The Morgan fingerprint density at radius 2 is 2.05 bits per heavy atom. The molecule has 0 radical (unpaired) electrons. The van der Waals surface area contributed by atoms with Crippen molar-refractivity contribution in [1.29, 1.82) is 0 Å². The van der Waals surface area contributed by atoms with Gasteiger partial charge in [0.05, 0.1) is 18.4 Å². The van der Waals surface area contributed by atoms with Gasteiger partial charge in [0.15, 0.2) is 0 Å². The van der Waals surface area contributed by atoms with Crippen LogP contribution in [0.5, 0.6) is 0 Å². The molecule has 1 rings (SSSR count). The van der Waals surface area contributed by atoms with E-state index in [4.69, 9.17) is 10.5 Å². The molecular weight excluding hydrogens is 388 g/mol. The van der Waals surface area contributed by atoms with E-state index in [1.807, 2.05) is 6.07 Å². The summed E-state index contributed by atoms with van der Waals surface area (Å²) >= 11 is 6.85. The number of hydrogen-bond acceptors (Lipinski definition) is 4. The summed E-state index contributed by atoms with van der Waals surface area (Å²) in [6.45, 7) is 5.58. The van der Waals surface area contributed by atoms with E-state index in [0.29, 0.717) is 30.5 Å². The van der Waals surface area contributed by atoms with E-state index in [2.05, 4.69) is 51.0 Å². The van der Waals surface area contributed by atoms with Crippen LogP contribution in [0.15, 0.2) is 21.1 Å². The van der Waals surface area contributed by atoms with Gasteiger partial charge in [-0.3, -0.25) is 0 Å². The molecule has 0 saturated carbocycles. The zero-order valence-electron chi connectivity index (χ0n) is 11.9. The van der Waals surface area contributed by atoms with Crippen molar-refractivity contribution in [3.63, 3.8) is 0 Å². The molecule has 3 N–H and O–H groups in total. The number of benzene rings is 1. The fourth-order valence-electron chi connectivity index (χ4n) is 1.85. The quantitative estimate of drug-likeness (QED) is 0.706. The van der Waals surface area contributed by atoms with Crippen molar-refractivity contribution in [2.45, 2.75) is 13.8 Å². The van der Waals surface area contributed by atoms with Crippen molar-refractivity contribution in [2.75, 3.05) is 25.5 Å². The Balaban J connectivity index is 3.01. The van der Waals surface area contributed by atoms with Gasteiger partial charge in [-0.05, 0) is 46.4 Å². The summed E-state index contributed by atoms with van der Waals surface area (Å²) in [5.74, 6) is 0.447. The van der Waals surface area contributed by atoms with E-state index in [1.165, 1.54) is 7.11 Å². The first-order valence-electron chi connectivity index (χ1n) is 6.42. The maximum atomic E-state index is 11.9. The van der Waals surface area contributed by atoms with Crippen LogP contribution < -0.4 is 11.1 Å². The highest BCUT2D eigenvalue weighted by molar-refractivity contribution is 9.11. The lowest BCUT2D eigenvalue weighted by molar-refractivity contribution is 0.0601. The number of halogens is 2. The van der Waals surface area contributed by atoms with Gasteiger partial charge in [-0.2, -0.15) is 0 Å². The Morgan fingerprint density at radius 3 is 2.55 bits per heavy atom. The summed E-state index contributed by atoms with van der Waals surface area (Å²) in [6.07, 6.45) is 0. The van der Waals surface area contributed by atoms with Crippen LogP contribution in [0.25, 0.3) is 0 Å². The molecule has 1 atom stereocenters. The van der Waals surface area contributed by atoms with Gasteiger partial charge in [-0.25, -0.2) is 4.79 Å². The highest BCUT2D eigenvalue weighted by Crippen LogP contribution is 2.31. The molecule has 0 heterocycles. The molecule has 0 amide bonds. The minimum absolute atomic E-state index is 0.344. The standard InChI is InChI=1S/C14H20Br2N2O2/c1-8(2)9(6-17)7-18-13-11(14(19)20-3)4-10(15)5-12(13)16/h4-5,8-9,18H,6-7,17H2,1-3H3. The Kier molecular flexibility index (Phi) is 6.99. The molecule has 20 heavy (non-hydrogen) atoms. The fraction of sp³-hybridized carbons (Fsp3) is 0.500. The third-order valence-corrected chi connectivity index (χ3v) is 4.33. The fourth-order valence-corrected chi connectivity index (χ4v) is 3.21. The average Bonchev–Trinajstić information content (AvgIpc) is 2.39. The number of esters is 1. The Bertz CT molecular complexity index is 478. The molecule has 0 fully saturated rings. The monoisotopic (exact) mass is 406 g/mol. The summed E-state index contributed by atoms with van der Waals surface area (Å²) in [7, 11) is 1.37. The smallest absolute Gasteiger partial charge is 0.340 e. The lowest BCUT2D eigenvalue weighted by Crippen LogP contribution is -2.28. The van der Waals surface area contributed by atoms with Crippen LogP contribution in [0.2, 0.25) is 0 Å². The van der Waals surface area contributed by atoms with E-state index in [1.54, 1.807) is 6.07 Å². The molecule has 6 heteroatoms. The number of anilines is 1. The predicted octanol–water partition coefficient (Wildman–Crippen LogP) is 3.64. The number of carbonyl (C=O) groups is 1. The number of nitrogens with two attached hydrogens (primary N) is 1. The molecule has 0 bridgehead atoms. The van der Waals surface area contributed by atoms with Gasteiger partial charge in [-0.15, -0.1) is 0 Å². The van der Waals surface area contributed by atoms with Crippen LogP contribution in [0.1, 0.15) is 24.2 Å². The minimum Gasteiger partial charge on any atom is -0.465 e. The summed E-state index contributed by atoms with van der Waals surface area (Å²) in [5, 5.41) is 3.31. The van der Waals surface area contributed by atoms with E-state index in [9.17, 15) is 4.79 Å². The number of nitrogens with one attached hydrogen (secondary N) is 1. The third kappa shape index (κ3) is 4.46. The van der Waals surface area contributed by atoms with Gasteiger partial charge < -0.3 is 15.8 Å². The molecular formula is C14H20Br2N2O2. The summed E-state index contributed by atoms with van der Waals surface area (Å²) in [4.78, 5) is 11.9. The van der Waals surface area contributed by atoms with Gasteiger partial charge in [0.25, 0.3) is 0 Å². The first-order valence-corrected chi connectivity index (χ1v) is 8.00. The van der Waals surface area contributed by atoms with Gasteiger partial charge in [-0.1, -0.05) is 29.8 Å². The van der Waals surface area contributed by atoms with Crippen molar-refractivity contribution in [1.82, 2.24) is 0 Å². The van der Waals surface area contributed by atoms with Crippen LogP contribution in [0.3, 0.4) is 0 Å². The molecule has 4 nitrogen and oxygen atoms in total. The van der Waals surface area contributed by atoms with Crippen LogP contribution in [-0.4, -0.2) is 26.2 Å². The van der Waals surface area contributed by atoms with Gasteiger partial charge in [0.1, 0.15) is 0 Å². The van der Waals surface area contributed by atoms with E-state index in [0.717, 1.165) is 14.6 Å². The van der Waals surface area contributed by atoms with Crippen molar-refractivity contribution < 1.29 is 9.53 Å². The van der Waals surface area contributed by atoms with Gasteiger partial charge in [0.2, 0.25) is 0 Å². The molecule has 1 aromatic rings. The number of rotatable bonds is 6. The first kappa shape index (κ1) is 17.5. The number of hydrogen-bond donors (Lipinski definition) is 2. The molecule has 0 saturated heterocycles. The molecule has 1 unspecified atom stereocenters. The third-order valence-electron chi connectivity index (χ3n) is 3.25. The summed E-state index contributed by atoms with van der Waals surface area (Å²) in [5.41, 5.74) is 7.00. The van der Waals surface area contributed by atoms with Crippen molar-refractivity contribution in [3.8, 4) is 0 Å². The molecule has 0 aliphatic heterocycles. The number of ether oxygens (including phenoxy) is 1. The van der Waals surface area contributed by atoms with Gasteiger partial charge in [0, 0.05) is 15.5 Å². The average molecular weight is 408 g/mol. The number of methoxy groups -OCH3 is 1. The lowest BCUT2D eigenvalue weighted by Gasteiger charge is -2.21. The first-order chi connectivity index (χ1) is 9.40. The molecule has 0 aliphatic carbocycles. The van der Waals surface area contributed by atoms with Crippen LogP contribution in [0, 0.1) is 11.8 Å². The SMILES string of the molecule is COC(=O)c1cc(Br)cc(Br)c1NCC(CN)C(C)C. The Hall–Kier alpha value is -0.590. The van der Waals surface area contributed by atoms with Crippen LogP contribution in [-0.2, 0) is 4.74 Å². The summed E-state index contributed by atoms with van der Waals surface area (Å²) in [6, 6.07) is 3.63. The second-order valence-electron chi connectivity index (χ2n) is 4.92. The minimum atomic E-state index is -0.372. The van der Waals surface area contributed by atoms with Gasteiger partial charge >= 0.3 is 5.97 Å². The van der Waals surface area contributed by atoms with Crippen LogP contribution in [0.4, 0.5) is 5.69 Å².